The minimum Gasteiger partial charge on any atom is -0.496 e. The molecule has 1 amide bonds. The van der Waals surface area contributed by atoms with Crippen LogP contribution in [0.4, 0.5) is 25.1 Å². The largest absolute Gasteiger partial charge is 0.496 e. The van der Waals surface area contributed by atoms with Crippen molar-refractivity contribution in [2.75, 3.05) is 19.1 Å². The van der Waals surface area contributed by atoms with Crippen molar-refractivity contribution in [2.24, 2.45) is 5.92 Å². The van der Waals surface area contributed by atoms with Gasteiger partial charge in [0.25, 0.3) is 6.43 Å². The van der Waals surface area contributed by atoms with Gasteiger partial charge >= 0.3 is 12.1 Å². The van der Waals surface area contributed by atoms with E-state index in [0.29, 0.717) is 78.1 Å². The second-order valence-electron chi connectivity index (χ2n) is 15.6. The lowest BCUT2D eigenvalue weighted by Crippen LogP contribution is -2.35. The van der Waals surface area contributed by atoms with Crippen molar-refractivity contribution in [3.63, 3.8) is 0 Å². The van der Waals surface area contributed by atoms with Crippen LogP contribution in [0.1, 0.15) is 80.2 Å². The van der Waals surface area contributed by atoms with Crippen molar-refractivity contribution < 1.29 is 42.5 Å². The van der Waals surface area contributed by atoms with Crippen LogP contribution in [-0.4, -0.2) is 74.1 Å². The van der Waals surface area contributed by atoms with Gasteiger partial charge in [-0.3, -0.25) is 14.6 Å². The second-order valence-corrected chi connectivity index (χ2v) is 15.6. The highest BCUT2D eigenvalue weighted by molar-refractivity contribution is 6.05. The number of anilines is 2. The van der Waals surface area contributed by atoms with Crippen molar-refractivity contribution in [1.82, 2.24) is 30.0 Å². The summed E-state index contributed by atoms with van der Waals surface area (Å²) in [5, 5.41) is 18.2. The molecule has 1 fully saturated rings. The summed E-state index contributed by atoms with van der Waals surface area (Å²) in [6.45, 7) is 7.28. The van der Waals surface area contributed by atoms with E-state index in [0.717, 1.165) is 16.5 Å². The zero-order valence-electron chi connectivity index (χ0n) is 34.0. The van der Waals surface area contributed by atoms with Crippen molar-refractivity contribution >= 4 is 51.8 Å². The number of carboxylic acids is 1. The number of pyridine rings is 1. The van der Waals surface area contributed by atoms with Crippen molar-refractivity contribution in [2.45, 2.75) is 78.0 Å². The van der Waals surface area contributed by atoms with E-state index in [1.807, 2.05) is 31.2 Å². The molecule has 6 aromatic rings. The first-order valence-corrected chi connectivity index (χ1v) is 19.4. The molecule has 1 saturated carbocycles. The Kier molecular flexibility index (Phi) is 11.8. The quantitative estimate of drug-likeness (QED) is 0.113. The number of carbonyl (C=O) groups is 3. The van der Waals surface area contributed by atoms with Gasteiger partial charge in [0, 0.05) is 36.3 Å². The first-order valence-electron chi connectivity index (χ1n) is 19.4. The zero-order chi connectivity index (χ0) is 42.9. The molecule has 0 radical (unpaired) electrons. The topological polar surface area (TPSA) is 171 Å². The van der Waals surface area contributed by atoms with Crippen LogP contribution in [0.2, 0.25) is 0 Å². The number of ether oxygens (including phenoxy) is 3. The highest BCUT2D eigenvalue weighted by Crippen LogP contribution is 2.41. The first-order chi connectivity index (χ1) is 28.7. The first kappa shape index (κ1) is 41.6. The molecular weight excluding hydrogens is 777 g/mol. The average Bonchev–Trinajstić information content (AvgIpc) is 3.67. The lowest BCUT2D eigenvalue weighted by Gasteiger charge is -2.29. The average molecular weight is 822 g/mol. The van der Waals surface area contributed by atoms with E-state index in [4.69, 9.17) is 14.2 Å². The number of hydrogen-bond donors (Lipinski definition) is 2. The minimum absolute atomic E-state index is 0.0916. The number of benzene rings is 3. The van der Waals surface area contributed by atoms with E-state index in [1.165, 1.54) is 19.1 Å². The SMILES string of the molecule is COc1cc(-n2ncc3c(-c4cccc(N(C(=O)OC(C)(C)C)c5nc(C(F)F)nc6cc(CNC7CCC(C(=O)O)CC7)cnc56)c4C)cccc32)cc(OC)c1C=O. The lowest BCUT2D eigenvalue weighted by atomic mass is 9.86. The molecule has 0 saturated heterocycles. The number of amides is 1. The molecule has 3 heterocycles. The molecule has 0 spiro atoms. The number of fused-ring (bicyclic) bond motifs is 2. The second kappa shape index (κ2) is 17.0. The molecule has 14 nitrogen and oxygen atoms in total. The van der Waals surface area contributed by atoms with Crippen molar-refractivity contribution in [3.05, 3.63) is 89.5 Å². The Bertz CT molecular complexity index is 2580. The number of alkyl halides is 2. The summed E-state index contributed by atoms with van der Waals surface area (Å²) >= 11 is 0. The van der Waals surface area contributed by atoms with Gasteiger partial charge in [0.15, 0.2) is 17.9 Å². The number of carbonyl (C=O) groups excluding carboxylic acids is 2. The van der Waals surface area contributed by atoms with Crippen LogP contribution in [-0.2, 0) is 16.1 Å². The van der Waals surface area contributed by atoms with Gasteiger partial charge in [-0.15, -0.1) is 0 Å². The van der Waals surface area contributed by atoms with Crippen LogP contribution in [0, 0.1) is 12.8 Å². The van der Waals surface area contributed by atoms with Crippen molar-refractivity contribution in [1.29, 1.82) is 0 Å². The van der Waals surface area contributed by atoms with Crippen LogP contribution in [0.5, 0.6) is 11.5 Å². The number of halogens is 2. The number of nitrogens with zero attached hydrogens (tertiary/aromatic N) is 6. The van der Waals surface area contributed by atoms with Gasteiger partial charge in [-0.25, -0.2) is 33.1 Å². The Morgan fingerprint density at radius 2 is 1.67 bits per heavy atom. The fourth-order valence-electron chi connectivity index (χ4n) is 7.64. The third-order valence-corrected chi connectivity index (χ3v) is 10.6. The number of aliphatic carboxylic acids is 1. The fourth-order valence-corrected chi connectivity index (χ4v) is 7.64. The molecular formula is C44H45F2N7O7. The molecule has 1 aliphatic carbocycles. The Labute approximate surface area is 344 Å². The maximum atomic E-state index is 14.6. The van der Waals surface area contributed by atoms with Gasteiger partial charge in [-0.1, -0.05) is 24.3 Å². The third kappa shape index (κ3) is 8.32. The molecule has 3 aromatic carbocycles. The summed E-state index contributed by atoms with van der Waals surface area (Å²) < 4.78 is 47.7. The maximum absolute atomic E-state index is 14.6. The van der Waals surface area contributed by atoms with E-state index < -0.39 is 29.9 Å². The summed E-state index contributed by atoms with van der Waals surface area (Å²) in [7, 11) is 2.93. The summed E-state index contributed by atoms with van der Waals surface area (Å²) in [6.07, 6.45) is 2.55. The van der Waals surface area contributed by atoms with Gasteiger partial charge in [0.05, 0.1) is 54.3 Å². The molecule has 60 heavy (non-hydrogen) atoms. The monoisotopic (exact) mass is 821 g/mol. The minimum atomic E-state index is -3.07. The van der Waals surface area contributed by atoms with E-state index in [-0.39, 0.29) is 34.4 Å². The van der Waals surface area contributed by atoms with Gasteiger partial charge < -0.3 is 24.6 Å². The van der Waals surface area contributed by atoms with E-state index in [9.17, 15) is 28.3 Å². The Morgan fingerprint density at radius 3 is 2.30 bits per heavy atom. The zero-order valence-corrected chi connectivity index (χ0v) is 34.0. The van der Waals surface area contributed by atoms with Gasteiger partial charge in [-0.2, -0.15) is 5.10 Å². The Hall–Kier alpha value is -6.55. The fraction of sp³-hybridized carbons (Fsp3) is 0.341. The normalized spacial score (nSPS) is 15.6. The van der Waals surface area contributed by atoms with Gasteiger partial charge in [0.1, 0.15) is 22.6 Å². The molecule has 0 unspecified atom stereocenters. The highest BCUT2D eigenvalue weighted by atomic mass is 19.3. The van der Waals surface area contributed by atoms with E-state index in [1.54, 1.807) is 68.2 Å². The number of methoxy groups -OCH3 is 2. The summed E-state index contributed by atoms with van der Waals surface area (Å²) in [6, 6.07) is 16.1. The maximum Gasteiger partial charge on any atom is 0.420 e. The summed E-state index contributed by atoms with van der Waals surface area (Å²) in [5.41, 5.74) is 3.87. The molecule has 1 aliphatic rings. The molecule has 2 N–H and O–H groups in total. The van der Waals surface area contributed by atoms with Crippen molar-refractivity contribution in [3.8, 4) is 28.3 Å². The predicted molar refractivity (Wildman–Crippen MR) is 221 cm³/mol. The molecule has 16 heteroatoms. The third-order valence-electron chi connectivity index (χ3n) is 10.6. The lowest BCUT2D eigenvalue weighted by molar-refractivity contribution is -0.142. The van der Waals surface area contributed by atoms with Gasteiger partial charge in [-0.05, 0) is 93.8 Å². The molecule has 0 bridgehead atoms. The molecule has 3 aromatic heterocycles. The molecule has 0 aliphatic heterocycles. The number of hydrogen-bond acceptors (Lipinski definition) is 11. The van der Waals surface area contributed by atoms with Crippen LogP contribution >= 0.6 is 0 Å². The molecule has 0 atom stereocenters. The van der Waals surface area contributed by atoms with E-state index in [2.05, 4.69) is 25.4 Å². The van der Waals surface area contributed by atoms with Crippen LogP contribution < -0.4 is 19.7 Å². The van der Waals surface area contributed by atoms with E-state index >= 15 is 0 Å². The number of aldehydes is 1. The number of carboxylic acid groups (broad SMARTS) is 1. The number of aromatic nitrogens is 5. The van der Waals surface area contributed by atoms with Crippen LogP contribution in [0.25, 0.3) is 38.8 Å². The highest BCUT2D eigenvalue weighted by Gasteiger charge is 2.32. The number of rotatable bonds is 12. The number of nitrogens with one attached hydrogen (secondary N) is 1. The predicted octanol–water partition coefficient (Wildman–Crippen LogP) is 8.91. The molecule has 7 rings (SSSR count). The Morgan fingerprint density at radius 1 is 0.983 bits per heavy atom. The van der Waals surface area contributed by atoms with Gasteiger partial charge in [0.2, 0.25) is 0 Å². The molecule has 312 valence electrons. The summed E-state index contributed by atoms with van der Waals surface area (Å²) in [5.74, 6) is -1.47. The Balaban J connectivity index is 1.31. The standard InChI is InChI=1S/C44H45F2N7O7/c1-24-29(30-10-8-12-35-31(30)22-49-53(35)28-18-36(58-5)32(23-54)37(19-28)59-6)9-7-11-34(24)52(43(57)60-44(2,3)4)41-38-33(50-40(51-41)39(45)46)17-25(21-48-38)20-47-27-15-13-26(14-16-27)42(55)56/h7-12,17-19,21-23,26-27,39,47H,13-16,20H2,1-6H3,(H,55,56). The van der Waals surface area contributed by atoms with Crippen LogP contribution in [0.3, 0.4) is 0 Å². The smallest absolute Gasteiger partial charge is 0.420 e. The van der Waals surface area contributed by atoms with Crippen LogP contribution in [0.15, 0.2) is 67.0 Å². The summed E-state index contributed by atoms with van der Waals surface area (Å²) in [4.78, 5) is 51.8.